The van der Waals surface area contributed by atoms with E-state index in [4.69, 9.17) is 5.73 Å². The second-order valence-electron chi connectivity index (χ2n) is 3.79. The number of nitrogens with two attached hydrogens (primary N) is 1. The van der Waals surface area contributed by atoms with Gasteiger partial charge in [-0.15, -0.1) is 0 Å². The highest BCUT2D eigenvalue weighted by atomic mass is 16.4. The predicted molar refractivity (Wildman–Crippen MR) is 50.9 cm³/mol. The first-order chi connectivity index (χ1) is 6.29. The van der Waals surface area contributed by atoms with Crippen LogP contribution < -0.4 is 10.8 Å². The van der Waals surface area contributed by atoms with Crippen LogP contribution in [0.4, 0.5) is 0 Å². The third-order valence-electron chi connectivity index (χ3n) is 1.93. The van der Waals surface area contributed by atoms with Gasteiger partial charge < -0.3 is 15.6 Å². The molecule has 4 heteroatoms. The summed E-state index contributed by atoms with van der Waals surface area (Å²) in [5, 5.41) is 10.8. The van der Waals surface area contributed by atoms with Crippen LogP contribution in [0.1, 0.15) is 27.7 Å². The lowest BCUT2D eigenvalue weighted by Crippen LogP contribution is -2.32. The third kappa shape index (κ3) is 2.87. The number of carbonyl (C=O) groups excluding carboxylic acids is 2. The highest BCUT2D eigenvalue weighted by molar-refractivity contribution is 6.01. The molecule has 0 aliphatic carbocycles. The molecule has 0 rings (SSSR count). The third-order valence-corrected chi connectivity index (χ3v) is 1.93. The molecule has 0 aliphatic heterocycles. The Morgan fingerprint density at radius 1 is 1.00 bits per heavy atom. The fourth-order valence-corrected chi connectivity index (χ4v) is 1.38. The minimum atomic E-state index is -1.32. The smallest absolute Gasteiger partial charge is 0.245 e. The lowest BCUT2D eigenvalue weighted by atomic mass is 9.90. The molecule has 0 aromatic rings. The van der Waals surface area contributed by atoms with E-state index in [9.17, 15) is 14.7 Å². The van der Waals surface area contributed by atoms with Crippen molar-refractivity contribution in [2.75, 3.05) is 0 Å². The molecule has 0 unspecified atom stereocenters. The van der Waals surface area contributed by atoms with E-state index in [0.29, 0.717) is 0 Å². The molecular formula is C10H16NO3-. The maximum atomic E-state index is 11.1. The summed E-state index contributed by atoms with van der Waals surface area (Å²) in [5.74, 6) is -2.48. The summed E-state index contributed by atoms with van der Waals surface area (Å²) in [4.78, 5) is 21.9. The fourth-order valence-electron chi connectivity index (χ4n) is 1.38. The number of aliphatic carboxylic acids is 1. The summed E-state index contributed by atoms with van der Waals surface area (Å²) in [6, 6.07) is 0. The van der Waals surface area contributed by atoms with Crippen LogP contribution in [0.3, 0.4) is 0 Å². The summed E-state index contributed by atoms with van der Waals surface area (Å²) >= 11 is 0. The van der Waals surface area contributed by atoms with Gasteiger partial charge >= 0.3 is 0 Å². The number of carboxylic acids is 1. The number of carboxylic acid groups (broad SMARTS) is 1. The topological polar surface area (TPSA) is 83.2 Å². The van der Waals surface area contributed by atoms with Crippen LogP contribution in [0.15, 0.2) is 11.1 Å². The molecule has 14 heavy (non-hydrogen) atoms. The highest BCUT2D eigenvalue weighted by Gasteiger charge is 2.19. The zero-order valence-electron chi connectivity index (χ0n) is 8.96. The van der Waals surface area contributed by atoms with Crippen molar-refractivity contribution in [3.8, 4) is 0 Å². The average molecular weight is 198 g/mol. The Morgan fingerprint density at radius 3 is 1.43 bits per heavy atom. The van der Waals surface area contributed by atoms with Crippen molar-refractivity contribution in [2.45, 2.75) is 27.7 Å². The number of amides is 1. The molecule has 0 aromatic heterocycles. The minimum absolute atomic E-state index is 0.00694. The molecule has 4 nitrogen and oxygen atoms in total. The first-order valence-corrected chi connectivity index (χ1v) is 4.54. The van der Waals surface area contributed by atoms with E-state index in [1.165, 1.54) is 0 Å². The SMILES string of the molecule is CC(C)C(C(N)=O)=C(C(=O)[O-])C(C)C. The molecule has 0 aliphatic rings. The molecule has 0 radical (unpaired) electrons. The average Bonchev–Trinajstić information content (AvgIpc) is 1.96. The monoisotopic (exact) mass is 198 g/mol. The van der Waals surface area contributed by atoms with Crippen molar-refractivity contribution in [2.24, 2.45) is 17.6 Å². The van der Waals surface area contributed by atoms with Crippen LogP contribution >= 0.6 is 0 Å². The van der Waals surface area contributed by atoms with Crippen molar-refractivity contribution in [1.29, 1.82) is 0 Å². The van der Waals surface area contributed by atoms with E-state index in [0.717, 1.165) is 0 Å². The van der Waals surface area contributed by atoms with Gasteiger partial charge in [0.15, 0.2) is 0 Å². The van der Waals surface area contributed by atoms with Crippen molar-refractivity contribution in [1.82, 2.24) is 0 Å². The first-order valence-electron chi connectivity index (χ1n) is 4.54. The first kappa shape index (κ1) is 12.7. The van der Waals surface area contributed by atoms with Gasteiger partial charge in [0.25, 0.3) is 0 Å². The summed E-state index contributed by atoms with van der Waals surface area (Å²) in [7, 11) is 0. The van der Waals surface area contributed by atoms with Crippen LogP contribution in [-0.2, 0) is 9.59 Å². The van der Waals surface area contributed by atoms with E-state index in [1.54, 1.807) is 27.7 Å². The summed E-state index contributed by atoms with van der Waals surface area (Å²) in [6.07, 6.45) is 0. The molecule has 2 N–H and O–H groups in total. The number of hydrogen-bond acceptors (Lipinski definition) is 3. The summed E-state index contributed by atoms with van der Waals surface area (Å²) < 4.78 is 0. The molecular weight excluding hydrogens is 182 g/mol. The molecule has 0 bridgehead atoms. The fraction of sp³-hybridized carbons (Fsp3) is 0.600. The van der Waals surface area contributed by atoms with Crippen molar-refractivity contribution in [3.05, 3.63) is 11.1 Å². The van der Waals surface area contributed by atoms with E-state index >= 15 is 0 Å². The molecule has 0 saturated carbocycles. The Balaban J connectivity index is 5.51. The second-order valence-corrected chi connectivity index (χ2v) is 3.79. The zero-order chi connectivity index (χ0) is 11.5. The Kier molecular flexibility index (Phi) is 4.34. The number of carbonyl (C=O) groups is 2. The molecule has 0 atom stereocenters. The van der Waals surface area contributed by atoms with E-state index in [2.05, 4.69) is 0 Å². The van der Waals surface area contributed by atoms with Gasteiger partial charge in [-0.1, -0.05) is 27.7 Å². The normalized spacial score (nSPS) is 13.0. The highest BCUT2D eigenvalue weighted by Crippen LogP contribution is 2.20. The van der Waals surface area contributed by atoms with Gasteiger partial charge in [-0.2, -0.15) is 0 Å². The predicted octanol–water partition coefficient (Wildman–Crippen LogP) is -0.170. The molecule has 1 amide bonds. The number of primary amides is 1. The van der Waals surface area contributed by atoms with Gasteiger partial charge in [0, 0.05) is 5.57 Å². The summed E-state index contributed by atoms with van der Waals surface area (Å²) in [6.45, 7) is 6.84. The Labute approximate surface area is 83.8 Å². The number of rotatable bonds is 4. The van der Waals surface area contributed by atoms with E-state index in [1.807, 2.05) is 0 Å². The van der Waals surface area contributed by atoms with Crippen LogP contribution in [0.5, 0.6) is 0 Å². The minimum Gasteiger partial charge on any atom is -0.545 e. The number of hydrogen-bond donors (Lipinski definition) is 1. The molecule has 0 spiro atoms. The maximum Gasteiger partial charge on any atom is 0.245 e. The summed E-state index contributed by atoms with van der Waals surface area (Å²) in [5.41, 5.74) is 5.29. The van der Waals surface area contributed by atoms with Gasteiger partial charge in [-0.25, -0.2) is 0 Å². The molecule has 80 valence electrons. The van der Waals surface area contributed by atoms with E-state index in [-0.39, 0.29) is 23.0 Å². The van der Waals surface area contributed by atoms with Crippen LogP contribution in [0, 0.1) is 11.8 Å². The maximum absolute atomic E-state index is 11.1. The second kappa shape index (κ2) is 4.79. The quantitative estimate of drug-likeness (QED) is 0.636. The molecule has 0 saturated heterocycles. The molecule has 0 heterocycles. The van der Waals surface area contributed by atoms with Gasteiger partial charge in [0.1, 0.15) is 0 Å². The zero-order valence-corrected chi connectivity index (χ0v) is 8.96. The Morgan fingerprint density at radius 2 is 1.36 bits per heavy atom. The Bertz CT molecular complexity index is 249. The van der Waals surface area contributed by atoms with Crippen molar-refractivity contribution in [3.63, 3.8) is 0 Å². The molecule has 0 fully saturated rings. The largest absolute Gasteiger partial charge is 0.545 e. The van der Waals surface area contributed by atoms with Crippen molar-refractivity contribution >= 4 is 11.9 Å². The van der Waals surface area contributed by atoms with Crippen LogP contribution in [0.25, 0.3) is 0 Å². The van der Waals surface area contributed by atoms with Gasteiger partial charge in [-0.3, -0.25) is 4.79 Å². The van der Waals surface area contributed by atoms with Crippen LogP contribution in [0.2, 0.25) is 0 Å². The Hall–Kier alpha value is -1.32. The molecule has 0 aromatic carbocycles. The van der Waals surface area contributed by atoms with Crippen LogP contribution in [-0.4, -0.2) is 11.9 Å². The standard InChI is InChI=1S/C10H17NO3/c1-5(2)7(9(11)12)8(6(3)4)10(13)14/h5-6H,1-4H3,(H2,11,12)(H,13,14)/p-1. The van der Waals surface area contributed by atoms with Gasteiger partial charge in [-0.05, 0) is 17.4 Å². The van der Waals surface area contributed by atoms with Gasteiger partial charge in [0.05, 0.1) is 5.97 Å². The van der Waals surface area contributed by atoms with Crippen molar-refractivity contribution < 1.29 is 14.7 Å². The lowest BCUT2D eigenvalue weighted by molar-refractivity contribution is -0.300. The van der Waals surface area contributed by atoms with Gasteiger partial charge in [0.2, 0.25) is 5.91 Å². The lowest BCUT2D eigenvalue weighted by Gasteiger charge is -2.19. The van der Waals surface area contributed by atoms with E-state index < -0.39 is 11.9 Å².